The van der Waals surface area contributed by atoms with Crippen molar-refractivity contribution in [3.8, 4) is 0 Å². The summed E-state index contributed by atoms with van der Waals surface area (Å²) >= 11 is 1.51. The Hall–Kier alpha value is -1.79. The molecule has 1 fully saturated rings. The van der Waals surface area contributed by atoms with E-state index in [1.807, 2.05) is 6.92 Å². The summed E-state index contributed by atoms with van der Waals surface area (Å²) in [5.74, 6) is 1.17. The van der Waals surface area contributed by atoms with E-state index in [0.29, 0.717) is 6.04 Å². The van der Waals surface area contributed by atoms with E-state index >= 15 is 0 Å². The Morgan fingerprint density at radius 2 is 2.18 bits per heavy atom. The first-order chi connectivity index (χ1) is 10.7. The van der Waals surface area contributed by atoms with Crippen LogP contribution in [0.2, 0.25) is 0 Å². The number of benzene rings is 1. The second kappa shape index (κ2) is 5.44. The van der Waals surface area contributed by atoms with Crippen molar-refractivity contribution >= 4 is 22.6 Å². The molecule has 1 aliphatic heterocycles. The van der Waals surface area contributed by atoms with Crippen molar-refractivity contribution in [3.63, 3.8) is 0 Å². The third-order valence-electron chi connectivity index (χ3n) is 4.58. The number of likely N-dealkylation sites (tertiary alicyclic amines) is 1. The Morgan fingerprint density at radius 3 is 2.95 bits per heavy atom. The maximum Gasteiger partial charge on any atom is 0.127 e. The van der Waals surface area contributed by atoms with Crippen LogP contribution in [-0.4, -0.2) is 30.6 Å². The fourth-order valence-corrected chi connectivity index (χ4v) is 4.01. The van der Waals surface area contributed by atoms with Gasteiger partial charge in [0.1, 0.15) is 5.82 Å². The summed E-state index contributed by atoms with van der Waals surface area (Å²) in [7, 11) is 2.13. The molecule has 0 saturated carbocycles. The first kappa shape index (κ1) is 13.8. The van der Waals surface area contributed by atoms with Gasteiger partial charge in [-0.15, -0.1) is 5.10 Å². The molecule has 0 unspecified atom stereocenters. The van der Waals surface area contributed by atoms with E-state index in [1.54, 1.807) is 0 Å². The molecule has 1 saturated heterocycles. The minimum atomic E-state index is 0.388. The molecule has 3 aromatic rings. The normalized spacial score (nSPS) is 19.3. The van der Waals surface area contributed by atoms with Crippen molar-refractivity contribution in [1.29, 1.82) is 0 Å². The van der Waals surface area contributed by atoms with Crippen LogP contribution in [0.4, 0.5) is 0 Å². The van der Waals surface area contributed by atoms with Gasteiger partial charge < -0.3 is 4.57 Å². The first-order valence-corrected chi connectivity index (χ1v) is 8.44. The molecule has 0 bridgehead atoms. The Bertz CT molecular complexity index is 806. The molecular weight excluding hydrogens is 294 g/mol. The van der Waals surface area contributed by atoms with Crippen LogP contribution in [0.15, 0.2) is 24.3 Å². The van der Waals surface area contributed by atoms with Gasteiger partial charge in [-0.05, 0) is 50.0 Å². The Morgan fingerprint density at radius 1 is 1.32 bits per heavy atom. The van der Waals surface area contributed by atoms with E-state index in [4.69, 9.17) is 4.98 Å². The van der Waals surface area contributed by atoms with Crippen LogP contribution in [-0.2, 0) is 13.6 Å². The summed E-state index contributed by atoms with van der Waals surface area (Å²) < 4.78 is 6.30. The molecule has 6 heteroatoms. The number of imidazole rings is 1. The van der Waals surface area contributed by atoms with Crippen molar-refractivity contribution in [2.75, 3.05) is 6.54 Å². The molecule has 5 nitrogen and oxygen atoms in total. The van der Waals surface area contributed by atoms with Crippen molar-refractivity contribution < 1.29 is 0 Å². The maximum absolute atomic E-state index is 4.89. The number of hydrogen-bond acceptors (Lipinski definition) is 5. The van der Waals surface area contributed by atoms with Gasteiger partial charge >= 0.3 is 0 Å². The van der Waals surface area contributed by atoms with E-state index in [9.17, 15) is 0 Å². The van der Waals surface area contributed by atoms with E-state index in [0.717, 1.165) is 24.3 Å². The lowest BCUT2D eigenvalue weighted by Crippen LogP contribution is -2.24. The summed E-state index contributed by atoms with van der Waals surface area (Å²) in [4.78, 5) is 8.68. The standard InChI is InChI=1S/C16H19N5S/c1-11-15(22-19-18-11)10-21-9-5-8-14(21)16-17-12-6-3-4-7-13(12)20(16)2/h3-4,6-7,14H,5,8-10H2,1-2H3/t14-/m0/s1. The molecular formula is C16H19N5S. The zero-order valence-electron chi connectivity index (χ0n) is 12.9. The van der Waals surface area contributed by atoms with Crippen LogP contribution in [0.3, 0.4) is 0 Å². The summed E-state index contributed by atoms with van der Waals surface area (Å²) in [6, 6.07) is 8.75. The minimum Gasteiger partial charge on any atom is -0.330 e. The number of fused-ring (bicyclic) bond motifs is 1. The van der Waals surface area contributed by atoms with E-state index in [2.05, 4.69) is 50.4 Å². The number of hydrogen-bond donors (Lipinski definition) is 0. The predicted molar refractivity (Wildman–Crippen MR) is 87.7 cm³/mol. The molecule has 0 aliphatic carbocycles. The van der Waals surface area contributed by atoms with Gasteiger partial charge in [-0.2, -0.15) is 0 Å². The van der Waals surface area contributed by atoms with Gasteiger partial charge in [0, 0.05) is 13.6 Å². The molecule has 1 atom stereocenters. The highest BCUT2D eigenvalue weighted by Crippen LogP contribution is 2.34. The Kier molecular flexibility index (Phi) is 3.43. The highest BCUT2D eigenvalue weighted by Gasteiger charge is 2.30. The zero-order chi connectivity index (χ0) is 15.1. The fourth-order valence-electron chi connectivity index (χ4n) is 3.35. The third-order valence-corrected chi connectivity index (χ3v) is 5.38. The zero-order valence-corrected chi connectivity index (χ0v) is 13.7. The molecule has 1 aromatic carbocycles. The quantitative estimate of drug-likeness (QED) is 0.745. The second-order valence-corrected chi connectivity index (χ2v) is 6.77. The van der Waals surface area contributed by atoms with Crippen molar-refractivity contribution in [3.05, 3.63) is 40.7 Å². The Balaban J connectivity index is 1.67. The van der Waals surface area contributed by atoms with Crippen LogP contribution in [0.1, 0.15) is 35.3 Å². The molecule has 0 amide bonds. The fraction of sp³-hybridized carbons (Fsp3) is 0.438. The van der Waals surface area contributed by atoms with Crippen molar-refractivity contribution in [2.24, 2.45) is 7.05 Å². The SMILES string of the molecule is Cc1nnsc1CN1CCC[C@H]1c1nc2ccccc2n1C. The van der Waals surface area contributed by atoms with Crippen LogP contribution in [0.25, 0.3) is 11.0 Å². The Labute approximate surface area is 133 Å². The van der Waals surface area contributed by atoms with Gasteiger partial charge in [-0.1, -0.05) is 16.6 Å². The number of aromatic nitrogens is 4. The first-order valence-electron chi connectivity index (χ1n) is 7.67. The topological polar surface area (TPSA) is 46.8 Å². The van der Waals surface area contributed by atoms with Crippen LogP contribution < -0.4 is 0 Å². The molecule has 4 rings (SSSR count). The molecule has 0 N–H and O–H groups in total. The van der Waals surface area contributed by atoms with E-state index < -0.39 is 0 Å². The van der Waals surface area contributed by atoms with E-state index in [1.165, 1.54) is 40.6 Å². The van der Waals surface area contributed by atoms with Gasteiger partial charge in [0.05, 0.1) is 27.6 Å². The van der Waals surface area contributed by atoms with Gasteiger partial charge in [-0.3, -0.25) is 4.90 Å². The van der Waals surface area contributed by atoms with Gasteiger partial charge in [0.15, 0.2) is 0 Å². The number of para-hydroxylation sites is 2. The largest absolute Gasteiger partial charge is 0.330 e. The summed E-state index contributed by atoms with van der Waals surface area (Å²) in [6.07, 6.45) is 2.39. The predicted octanol–water partition coefficient (Wildman–Crippen LogP) is 3.07. The monoisotopic (exact) mass is 313 g/mol. The van der Waals surface area contributed by atoms with Gasteiger partial charge in [0.25, 0.3) is 0 Å². The third kappa shape index (κ3) is 2.23. The summed E-state index contributed by atoms with van der Waals surface area (Å²) in [5.41, 5.74) is 3.35. The second-order valence-electron chi connectivity index (χ2n) is 5.93. The summed E-state index contributed by atoms with van der Waals surface area (Å²) in [6.45, 7) is 4.08. The van der Waals surface area contributed by atoms with Crippen molar-refractivity contribution in [2.45, 2.75) is 32.4 Å². The number of nitrogens with zero attached hydrogens (tertiary/aromatic N) is 5. The highest BCUT2D eigenvalue weighted by molar-refractivity contribution is 7.05. The lowest BCUT2D eigenvalue weighted by molar-refractivity contribution is 0.238. The van der Waals surface area contributed by atoms with Crippen LogP contribution in [0.5, 0.6) is 0 Å². The van der Waals surface area contributed by atoms with Gasteiger partial charge in [0.2, 0.25) is 0 Å². The molecule has 1 aliphatic rings. The minimum absolute atomic E-state index is 0.388. The summed E-state index contributed by atoms with van der Waals surface area (Å²) in [5, 5.41) is 4.13. The smallest absolute Gasteiger partial charge is 0.127 e. The molecule has 0 radical (unpaired) electrons. The molecule has 22 heavy (non-hydrogen) atoms. The molecule has 2 aromatic heterocycles. The molecule has 0 spiro atoms. The number of rotatable bonds is 3. The van der Waals surface area contributed by atoms with Gasteiger partial charge in [-0.25, -0.2) is 4.98 Å². The lowest BCUT2D eigenvalue weighted by atomic mass is 10.2. The average molecular weight is 313 g/mol. The molecule has 3 heterocycles. The highest BCUT2D eigenvalue weighted by atomic mass is 32.1. The maximum atomic E-state index is 4.89. The van der Waals surface area contributed by atoms with Crippen molar-refractivity contribution in [1.82, 2.24) is 24.0 Å². The lowest BCUT2D eigenvalue weighted by Gasteiger charge is -2.23. The molecule has 114 valence electrons. The average Bonchev–Trinajstić information content (AvgIpc) is 3.21. The van der Waals surface area contributed by atoms with Crippen LogP contribution >= 0.6 is 11.5 Å². The van der Waals surface area contributed by atoms with Crippen LogP contribution in [0, 0.1) is 6.92 Å². The van der Waals surface area contributed by atoms with E-state index in [-0.39, 0.29) is 0 Å². The number of aryl methyl sites for hydroxylation is 2.